The molecule has 2 aliphatic rings. The molecule has 0 fully saturated rings. The first-order valence-electron chi connectivity index (χ1n) is 26.5. The molecule has 4 nitrogen and oxygen atoms in total. The zero-order valence-corrected chi connectivity index (χ0v) is 41.6. The van der Waals surface area contributed by atoms with Crippen LogP contribution in [-0.2, 0) is 5.41 Å². The molecular formula is C73H44N2O2. The van der Waals surface area contributed by atoms with Crippen LogP contribution in [0.4, 0.5) is 34.1 Å². The molecule has 0 bridgehead atoms. The number of nitrogens with zero attached hydrogens (tertiary/aromatic N) is 2. The predicted octanol–water partition coefficient (Wildman–Crippen LogP) is 20.2. The van der Waals surface area contributed by atoms with Crippen LogP contribution in [0.2, 0.25) is 0 Å². The maximum atomic E-state index is 6.73. The smallest absolute Gasteiger partial charge is 0.159 e. The molecule has 0 N–H and O–H groups in total. The summed E-state index contributed by atoms with van der Waals surface area (Å²) < 4.78 is 13.5. The number of hydrogen-bond donors (Lipinski definition) is 0. The van der Waals surface area contributed by atoms with Gasteiger partial charge in [0.25, 0.3) is 0 Å². The number of para-hydroxylation sites is 6. The second-order valence-corrected chi connectivity index (χ2v) is 20.7. The van der Waals surface area contributed by atoms with Crippen LogP contribution < -0.4 is 9.80 Å². The van der Waals surface area contributed by atoms with Crippen molar-refractivity contribution in [3.8, 4) is 22.3 Å². The molecular weight excluding hydrogens is 937 g/mol. The van der Waals surface area contributed by atoms with E-state index in [1.807, 2.05) is 12.1 Å². The van der Waals surface area contributed by atoms with Crippen molar-refractivity contribution >= 4 is 110 Å². The molecule has 13 aromatic carbocycles. The molecule has 77 heavy (non-hydrogen) atoms. The summed E-state index contributed by atoms with van der Waals surface area (Å²) in [6, 6.07) is 97.7. The molecule has 2 heterocycles. The van der Waals surface area contributed by atoms with Crippen LogP contribution in [0.1, 0.15) is 22.3 Å². The summed E-state index contributed by atoms with van der Waals surface area (Å²) in [7, 11) is 0. The highest BCUT2D eigenvalue weighted by molar-refractivity contribution is 6.14. The van der Waals surface area contributed by atoms with Crippen molar-refractivity contribution in [1.29, 1.82) is 0 Å². The number of fused-ring (bicyclic) bond motifs is 21. The number of rotatable bonds is 6. The minimum absolute atomic E-state index is 0.635. The summed E-state index contributed by atoms with van der Waals surface area (Å²) in [6.07, 6.45) is 0. The molecule has 0 aliphatic heterocycles. The third-order valence-electron chi connectivity index (χ3n) is 16.8. The fraction of sp³-hybridized carbons (Fsp3) is 0.0137. The Morgan fingerprint density at radius 1 is 0.273 bits per heavy atom. The van der Waals surface area contributed by atoms with Crippen molar-refractivity contribution < 1.29 is 8.83 Å². The largest absolute Gasteiger partial charge is 0.454 e. The van der Waals surface area contributed by atoms with Gasteiger partial charge in [0.05, 0.1) is 16.8 Å². The van der Waals surface area contributed by atoms with Gasteiger partial charge in [0.2, 0.25) is 0 Å². The lowest BCUT2D eigenvalue weighted by Crippen LogP contribution is -2.26. The average Bonchev–Trinajstić information content (AvgIpc) is 4.34. The van der Waals surface area contributed by atoms with Gasteiger partial charge in [-0.1, -0.05) is 182 Å². The topological polar surface area (TPSA) is 32.8 Å². The van der Waals surface area contributed by atoms with Crippen LogP contribution in [0.25, 0.3) is 98.4 Å². The van der Waals surface area contributed by atoms with Crippen LogP contribution in [0.5, 0.6) is 0 Å². The zero-order chi connectivity index (χ0) is 50.3. The SMILES string of the molecule is c1ccc(N(c2ccc3cc4c(cc3c2)C2(c3ccccc3-c3c2ccc2ccccc32)c2c-4ccc3cc(N(c4ccccc4)c4cccc5c4oc4ccccc45)ccc23)c2cccc3c2oc2ccccc23)cc1. The fourth-order valence-corrected chi connectivity index (χ4v) is 13.6. The van der Waals surface area contributed by atoms with Crippen molar-refractivity contribution in [2.24, 2.45) is 0 Å². The van der Waals surface area contributed by atoms with Gasteiger partial charge in [0.15, 0.2) is 11.2 Å². The van der Waals surface area contributed by atoms with E-state index in [2.05, 4.69) is 265 Å². The lowest BCUT2D eigenvalue weighted by Gasteiger charge is -2.32. The minimum atomic E-state index is -0.635. The van der Waals surface area contributed by atoms with Gasteiger partial charge in [-0.2, -0.15) is 0 Å². The van der Waals surface area contributed by atoms with Gasteiger partial charge >= 0.3 is 0 Å². The maximum absolute atomic E-state index is 6.73. The van der Waals surface area contributed by atoms with Crippen molar-refractivity contribution in [2.45, 2.75) is 5.41 Å². The Bertz CT molecular complexity index is 4950. The molecule has 2 aromatic heterocycles. The second kappa shape index (κ2) is 15.9. The molecule has 0 amide bonds. The van der Waals surface area contributed by atoms with Crippen LogP contribution in [0.3, 0.4) is 0 Å². The van der Waals surface area contributed by atoms with Crippen LogP contribution in [-0.4, -0.2) is 0 Å². The van der Waals surface area contributed by atoms with E-state index in [1.165, 1.54) is 76.8 Å². The Morgan fingerprint density at radius 3 is 1.51 bits per heavy atom. The molecule has 15 aromatic rings. The van der Waals surface area contributed by atoms with Gasteiger partial charge in [0, 0.05) is 44.3 Å². The summed E-state index contributed by atoms with van der Waals surface area (Å²) in [5.41, 5.74) is 19.4. The number of anilines is 6. The highest BCUT2D eigenvalue weighted by Crippen LogP contribution is 2.66. The third kappa shape index (κ3) is 5.87. The quantitative estimate of drug-likeness (QED) is 0.166. The summed E-state index contributed by atoms with van der Waals surface area (Å²) in [5, 5.41) is 11.7. The Labute approximate surface area is 443 Å². The molecule has 0 radical (unpaired) electrons. The molecule has 4 heteroatoms. The van der Waals surface area contributed by atoms with E-state index in [4.69, 9.17) is 8.83 Å². The first kappa shape index (κ1) is 42.2. The Balaban J connectivity index is 0.915. The maximum Gasteiger partial charge on any atom is 0.159 e. The van der Waals surface area contributed by atoms with Gasteiger partial charge in [-0.25, -0.2) is 0 Å². The molecule has 1 spiro atoms. The van der Waals surface area contributed by atoms with Crippen molar-refractivity contribution in [3.63, 3.8) is 0 Å². The molecule has 17 rings (SSSR count). The molecule has 0 saturated heterocycles. The summed E-state index contributed by atoms with van der Waals surface area (Å²) in [5.74, 6) is 0. The van der Waals surface area contributed by atoms with Crippen molar-refractivity contribution in [2.75, 3.05) is 9.80 Å². The minimum Gasteiger partial charge on any atom is -0.454 e. The normalized spacial score (nSPS) is 14.3. The van der Waals surface area contributed by atoms with Crippen molar-refractivity contribution in [3.05, 3.63) is 289 Å². The lowest BCUT2D eigenvalue weighted by molar-refractivity contribution is 0.668. The van der Waals surface area contributed by atoms with E-state index >= 15 is 0 Å². The Hall–Kier alpha value is -10.2. The van der Waals surface area contributed by atoms with E-state index in [1.54, 1.807) is 0 Å². The summed E-state index contributed by atoms with van der Waals surface area (Å²) in [6.45, 7) is 0. The van der Waals surface area contributed by atoms with Gasteiger partial charge < -0.3 is 18.6 Å². The van der Waals surface area contributed by atoms with Crippen molar-refractivity contribution in [1.82, 2.24) is 0 Å². The molecule has 1 atom stereocenters. The number of furan rings is 2. The zero-order valence-electron chi connectivity index (χ0n) is 41.6. The average molecular weight is 981 g/mol. The van der Waals surface area contributed by atoms with Crippen LogP contribution in [0, 0.1) is 0 Å². The first-order chi connectivity index (χ1) is 38.2. The number of hydrogen-bond acceptors (Lipinski definition) is 4. The van der Waals surface area contributed by atoms with E-state index in [-0.39, 0.29) is 0 Å². The van der Waals surface area contributed by atoms with Gasteiger partial charge in [-0.05, 0) is 162 Å². The monoisotopic (exact) mass is 980 g/mol. The van der Waals surface area contributed by atoms with Gasteiger partial charge in [-0.15, -0.1) is 0 Å². The van der Waals surface area contributed by atoms with E-state index in [0.717, 1.165) is 78.0 Å². The highest BCUT2D eigenvalue weighted by Gasteiger charge is 2.53. The molecule has 2 aliphatic carbocycles. The Morgan fingerprint density at radius 2 is 0.818 bits per heavy atom. The summed E-state index contributed by atoms with van der Waals surface area (Å²) in [4.78, 5) is 4.71. The van der Waals surface area contributed by atoms with Gasteiger partial charge in [0.1, 0.15) is 11.2 Å². The summed E-state index contributed by atoms with van der Waals surface area (Å²) >= 11 is 0. The van der Waals surface area contributed by atoms with Crippen LogP contribution >= 0.6 is 0 Å². The third-order valence-corrected chi connectivity index (χ3v) is 16.8. The standard InChI is InChI=1S/C73H44N2O2/c1-3-18-49(19-4-1)74(65-29-15-26-58-55-23-10-13-31-67(55)76-71(58)65)51-36-33-46-43-61-57-38-34-47-41-52(75(50-20-5-2-6-21-50)66-30-16-27-59-56-24-11-14-32-68(56)77-72(59)66)37-39-54(47)70(57)73(64(61)44-48(46)42-51)62-28-12-9-25-60(62)69-53-22-8-7-17-45(53)35-40-63(69)73/h1-44H. The van der Waals surface area contributed by atoms with Gasteiger partial charge in [-0.3, -0.25) is 0 Å². The highest BCUT2D eigenvalue weighted by atomic mass is 16.3. The fourth-order valence-electron chi connectivity index (χ4n) is 13.6. The Kier molecular flexibility index (Phi) is 8.73. The van der Waals surface area contributed by atoms with E-state index < -0.39 is 5.41 Å². The van der Waals surface area contributed by atoms with E-state index in [9.17, 15) is 0 Å². The molecule has 358 valence electrons. The lowest BCUT2D eigenvalue weighted by atomic mass is 9.69. The predicted molar refractivity (Wildman–Crippen MR) is 319 cm³/mol. The van der Waals surface area contributed by atoms with E-state index in [0.29, 0.717) is 0 Å². The number of benzene rings is 13. The molecule has 1 unspecified atom stereocenters. The molecule has 0 saturated carbocycles. The van der Waals surface area contributed by atoms with Crippen LogP contribution in [0.15, 0.2) is 276 Å². The first-order valence-corrected chi connectivity index (χ1v) is 26.5. The second-order valence-electron chi connectivity index (χ2n) is 20.7.